The molecule has 1 aliphatic heterocycles. The number of pyridine rings is 1. The fourth-order valence-electron chi connectivity index (χ4n) is 2.71. The molecule has 2 rings (SSSR count). The number of likely N-dealkylation sites (tertiary alicyclic amines) is 1. The van der Waals surface area contributed by atoms with Crippen molar-refractivity contribution in [3.8, 4) is 0 Å². The van der Waals surface area contributed by atoms with Gasteiger partial charge in [-0.2, -0.15) is 0 Å². The minimum atomic E-state index is 0.158. The van der Waals surface area contributed by atoms with Crippen LogP contribution < -0.4 is 5.73 Å². The van der Waals surface area contributed by atoms with E-state index in [-0.39, 0.29) is 6.04 Å². The minimum Gasteiger partial charge on any atom is -0.326 e. The lowest BCUT2D eigenvalue weighted by Gasteiger charge is -2.38. The third-order valence-electron chi connectivity index (χ3n) is 3.76. The van der Waals surface area contributed by atoms with Crippen molar-refractivity contribution < 1.29 is 0 Å². The fraction of sp³-hybridized carbons (Fsp3) is 0.643. The van der Waals surface area contributed by atoms with Crippen LogP contribution >= 0.6 is 0 Å². The molecule has 2 heterocycles. The van der Waals surface area contributed by atoms with Gasteiger partial charge in [0.25, 0.3) is 0 Å². The van der Waals surface area contributed by atoms with Gasteiger partial charge >= 0.3 is 0 Å². The molecule has 0 bridgehead atoms. The highest BCUT2D eigenvalue weighted by Crippen LogP contribution is 2.28. The maximum absolute atomic E-state index is 6.17. The Labute approximate surface area is 104 Å². The fourth-order valence-corrected chi connectivity index (χ4v) is 2.71. The number of hydrogen-bond donors (Lipinski definition) is 1. The van der Waals surface area contributed by atoms with Crippen molar-refractivity contribution in [1.29, 1.82) is 0 Å². The summed E-state index contributed by atoms with van der Waals surface area (Å²) in [5.41, 5.74) is 7.47. The second kappa shape index (κ2) is 5.61. The summed E-state index contributed by atoms with van der Waals surface area (Å²) in [7, 11) is 0. The molecular formula is C14H23N3. The first kappa shape index (κ1) is 12.5. The second-order valence-electron chi connectivity index (χ2n) is 5.30. The first-order chi connectivity index (χ1) is 8.18. The zero-order valence-corrected chi connectivity index (χ0v) is 10.8. The lowest BCUT2D eigenvalue weighted by Crippen LogP contribution is -2.43. The van der Waals surface area contributed by atoms with Gasteiger partial charge in [-0.3, -0.25) is 9.88 Å². The summed E-state index contributed by atoms with van der Waals surface area (Å²) in [6, 6.07) is 4.68. The predicted octanol–water partition coefficient (Wildman–Crippen LogP) is 2.20. The van der Waals surface area contributed by atoms with Crippen molar-refractivity contribution in [2.24, 2.45) is 11.7 Å². The van der Waals surface area contributed by atoms with Gasteiger partial charge in [-0.25, -0.2) is 0 Å². The normalized spacial score (nSPS) is 22.3. The van der Waals surface area contributed by atoms with Crippen LogP contribution in [0.5, 0.6) is 0 Å². The van der Waals surface area contributed by atoms with Crippen LogP contribution in [-0.4, -0.2) is 29.0 Å². The van der Waals surface area contributed by atoms with E-state index >= 15 is 0 Å². The lowest BCUT2D eigenvalue weighted by molar-refractivity contribution is 0.123. The summed E-state index contributed by atoms with van der Waals surface area (Å²) < 4.78 is 0. The van der Waals surface area contributed by atoms with Crippen LogP contribution in [0.1, 0.15) is 38.3 Å². The van der Waals surface area contributed by atoms with E-state index in [1.807, 2.05) is 12.4 Å². The van der Waals surface area contributed by atoms with Crippen molar-refractivity contribution >= 4 is 0 Å². The van der Waals surface area contributed by atoms with E-state index in [1.54, 1.807) is 0 Å². The monoisotopic (exact) mass is 233 g/mol. The zero-order valence-electron chi connectivity index (χ0n) is 10.8. The molecule has 0 aromatic carbocycles. The summed E-state index contributed by atoms with van der Waals surface area (Å²) in [6.45, 7) is 6.76. The number of nitrogens with zero attached hydrogens (tertiary/aromatic N) is 2. The van der Waals surface area contributed by atoms with Gasteiger partial charge in [-0.05, 0) is 56.5 Å². The zero-order chi connectivity index (χ0) is 12.3. The predicted molar refractivity (Wildman–Crippen MR) is 70.6 cm³/mol. The maximum Gasteiger partial charge on any atom is 0.0497 e. The van der Waals surface area contributed by atoms with Crippen LogP contribution in [0, 0.1) is 5.92 Å². The molecule has 3 nitrogen and oxygen atoms in total. The Morgan fingerprint density at radius 1 is 1.29 bits per heavy atom. The quantitative estimate of drug-likeness (QED) is 0.870. The summed E-state index contributed by atoms with van der Waals surface area (Å²) in [5.74, 6) is 0.859. The first-order valence-corrected chi connectivity index (χ1v) is 6.58. The van der Waals surface area contributed by atoms with Crippen LogP contribution in [0.3, 0.4) is 0 Å². The average molecular weight is 233 g/mol. The molecule has 1 aromatic rings. The number of rotatable bonds is 3. The molecule has 3 heteroatoms. The molecule has 1 aliphatic rings. The third-order valence-corrected chi connectivity index (χ3v) is 3.76. The summed E-state index contributed by atoms with van der Waals surface area (Å²) in [5, 5.41) is 0. The van der Waals surface area contributed by atoms with E-state index in [1.165, 1.54) is 18.4 Å². The van der Waals surface area contributed by atoms with Gasteiger partial charge in [0.2, 0.25) is 0 Å². The Balaban J connectivity index is 2.13. The van der Waals surface area contributed by atoms with E-state index in [0.717, 1.165) is 19.0 Å². The Bertz CT molecular complexity index is 329. The van der Waals surface area contributed by atoms with E-state index in [0.29, 0.717) is 6.04 Å². The molecule has 0 saturated carbocycles. The number of aromatic nitrogens is 1. The SMILES string of the molecule is CC1CCN(C(c2ccncc2)C(C)N)CC1. The summed E-state index contributed by atoms with van der Waals surface area (Å²) in [4.78, 5) is 6.61. The summed E-state index contributed by atoms with van der Waals surface area (Å²) >= 11 is 0. The van der Waals surface area contributed by atoms with Gasteiger partial charge < -0.3 is 5.73 Å². The van der Waals surface area contributed by atoms with Crippen molar-refractivity contribution in [2.45, 2.75) is 38.8 Å². The van der Waals surface area contributed by atoms with Crippen LogP contribution in [0.25, 0.3) is 0 Å². The van der Waals surface area contributed by atoms with Crippen molar-refractivity contribution in [3.05, 3.63) is 30.1 Å². The molecule has 1 saturated heterocycles. The van der Waals surface area contributed by atoms with Gasteiger partial charge in [-0.1, -0.05) is 6.92 Å². The van der Waals surface area contributed by atoms with Crippen molar-refractivity contribution in [3.63, 3.8) is 0 Å². The Hall–Kier alpha value is -0.930. The molecule has 1 aromatic heterocycles. The topological polar surface area (TPSA) is 42.2 Å². The van der Waals surface area contributed by atoms with Gasteiger partial charge in [0.05, 0.1) is 0 Å². The highest BCUT2D eigenvalue weighted by atomic mass is 15.2. The highest BCUT2D eigenvalue weighted by molar-refractivity contribution is 5.17. The van der Waals surface area contributed by atoms with Gasteiger partial charge in [0, 0.05) is 24.5 Å². The van der Waals surface area contributed by atoms with Crippen LogP contribution in [0.2, 0.25) is 0 Å². The Morgan fingerprint density at radius 2 is 1.88 bits per heavy atom. The molecule has 17 heavy (non-hydrogen) atoms. The van der Waals surface area contributed by atoms with Gasteiger partial charge in [0.15, 0.2) is 0 Å². The standard InChI is InChI=1S/C14H23N3/c1-11-5-9-17(10-6-11)14(12(2)15)13-3-7-16-8-4-13/h3-4,7-8,11-12,14H,5-6,9-10,15H2,1-2H3. The Morgan fingerprint density at radius 3 is 2.41 bits per heavy atom. The van der Waals surface area contributed by atoms with Crippen LogP contribution in [0.15, 0.2) is 24.5 Å². The molecule has 2 atom stereocenters. The lowest BCUT2D eigenvalue weighted by atomic mass is 9.93. The van der Waals surface area contributed by atoms with E-state index < -0.39 is 0 Å². The molecular weight excluding hydrogens is 210 g/mol. The number of nitrogens with two attached hydrogens (primary N) is 1. The molecule has 94 valence electrons. The highest BCUT2D eigenvalue weighted by Gasteiger charge is 2.26. The van der Waals surface area contributed by atoms with Crippen molar-refractivity contribution in [1.82, 2.24) is 9.88 Å². The van der Waals surface area contributed by atoms with Crippen molar-refractivity contribution in [2.75, 3.05) is 13.1 Å². The van der Waals surface area contributed by atoms with Crippen LogP contribution in [0.4, 0.5) is 0 Å². The van der Waals surface area contributed by atoms with Gasteiger partial charge in [-0.15, -0.1) is 0 Å². The van der Waals surface area contributed by atoms with E-state index in [2.05, 4.69) is 35.9 Å². The second-order valence-corrected chi connectivity index (χ2v) is 5.30. The number of hydrogen-bond acceptors (Lipinski definition) is 3. The summed E-state index contributed by atoms with van der Waals surface area (Å²) in [6.07, 6.45) is 6.29. The largest absolute Gasteiger partial charge is 0.326 e. The van der Waals surface area contributed by atoms with E-state index in [4.69, 9.17) is 5.73 Å². The maximum atomic E-state index is 6.17. The average Bonchev–Trinajstić information content (AvgIpc) is 2.33. The number of piperidine rings is 1. The molecule has 2 unspecified atom stereocenters. The molecule has 2 N–H and O–H groups in total. The molecule has 0 spiro atoms. The van der Waals surface area contributed by atoms with E-state index in [9.17, 15) is 0 Å². The van der Waals surface area contributed by atoms with Crippen LogP contribution in [-0.2, 0) is 0 Å². The minimum absolute atomic E-state index is 0.158. The molecule has 0 aliphatic carbocycles. The first-order valence-electron chi connectivity index (χ1n) is 6.58. The third kappa shape index (κ3) is 3.05. The molecule has 1 fully saturated rings. The molecule has 0 radical (unpaired) electrons. The van der Waals surface area contributed by atoms with Gasteiger partial charge in [0.1, 0.15) is 0 Å². The molecule has 0 amide bonds. The smallest absolute Gasteiger partial charge is 0.0497 e. The Kier molecular flexibility index (Phi) is 4.13.